The third kappa shape index (κ3) is 0.956. The molecule has 74 valence electrons. The highest BCUT2D eigenvalue weighted by Crippen LogP contribution is 2.51. The first-order valence-electron chi connectivity index (χ1n) is 5.70. The second kappa shape index (κ2) is 2.75. The molecular formula is C13H17N. The largest absolute Gasteiger partial charge is 0.398 e. The first-order chi connectivity index (χ1) is 6.82. The van der Waals surface area contributed by atoms with Crippen LogP contribution in [0, 0.1) is 0 Å². The first-order valence-corrected chi connectivity index (χ1v) is 5.70. The van der Waals surface area contributed by atoms with Crippen LogP contribution in [0.4, 0.5) is 5.69 Å². The molecule has 1 nitrogen and oxygen atoms in total. The molecule has 3 rings (SSSR count). The molecule has 1 saturated carbocycles. The summed E-state index contributed by atoms with van der Waals surface area (Å²) >= 11 is 0. The van der Waals surface area contributed by atoms with Gasteiger partial charge in [-0.1, -0.05) is 18.6 Å². The van der Waals surface area contributed by atoms with Gasteiger partial charge in [0.2, 0.25) is 0 Å². The van der Waals surface area contributed by atoms with Gasteiger partial charge in [-0.25, -0.2) is 0 Å². The van der Waals surface area contributed by atoms with E-state index in [-0.39, 0.29) is 0 Å². The molecule has 0 bridgehead atoms. The van der Waals surface area contributed by atoms with Crippen LogP contribution in [0.2, 0.25) is 0 Å². The average Bonchev–Trinajstić information content (AvgIpc) is 2.15. The minimum atomic E-state index is 0.545. The van der Waals surface area contributed by atoms with Crippen LogP contribution in [-0.2, 0) is 11.8 Å². The monoisotopic (exact) mass is 187 g/mol. The predicted molar refractivity (Wildman–Crippen MR) is 59.3 cm³/mol. The van der Waals surface area contributed by atoms with Gasteiger partial charge in [0, 0.05) is 5.69 Å². The third-order valence-electron chi connectivity index (χ3n) is 4.18. The molecule has 2 aliphatic rings. The maximum absolute atomic E-state index is 6.04. The van der Waals surface area contributed by atoms with Crippen molar-refractivity contribution < 1.29 is 0 Å². The van der Waals surface area contributed by atoms with Crippen LogP contribution in [-0.4, -0.2) is 0 Å². The van der Waals surface area contributed by atoms with Gasteiger partial charge in [0.25, 0.3) is 0 Å². The average molecular weight is 187 g/mol. The summed E-state index contributed by atoms with van der Waals surface area (Å²) in [5.74, 6) is 0. The molecule has 0 heterocycles. The fourth-order valence-corrected chi connectivity index (χ4v) is 3.24. The summed E-state index contributed by atoms with van der Waals surface area (Å²) in [6.45, 7) is 0. The Bertz CT molecular complexity index is 363. The van der Waals surface area contributed by atoms with Crippen molar-refractivity contribution in [2.75, 3.05) is 5.73 Å². The van der Waals surface area contributed by atoms with Crippen LogP contribution in [0.15, 0.2) is 18.2 Å². The predicted octanol–water partition coefficient (Wildman–Crippen LogP) is 3.03. The number of benzene rings is 1. The molecule has 2 aliphatic carbocycles. The SMILES string of the molecule is Nc1cccc2c1CCCC21CCC1. The molecule has 1 heteroatoms. The van der Waals surface area contributed by atoms with E-state index in [0.29, 0.717) is 5.41 Å². The van der Waals surface area contributed by atoms with E-state index < -0.39 is 0 Å². The molecule has 0 atom stereocenters. The van der Waals surface area contributed by atoms with E-state index in [1.807, 2.05) is 0 Å². The second-order valence-corrected chi connectivity index (χ2v) is 4.86. The quantitative estimate of drug-likeness (QED) is 0.621. The maximum Gasteiger partial charge on any atom is 0.0349 e. The number of rotatable bonds is 0. The van der Waals surface area contributed by atoms with Gasteiger partial charge in [0.15, 0.2) is 0 Å². The fourth-order valence-electron chi connectivity index (χ4n) is 3.24. The molecule has 14 heavy (non-hydrogen) atoms. The van der Waals surface area contributed by atoms with Crippen molar-refractivity contribution in [2.24, 2.45) is 0 Å². The van der Waals surface area contributed by atoms with Gasteiger partial charge in [-0.05, 0) is 54.7 Å². The summed E-state index contributed by atoms with van der Waals surface area (Å²) in [6, 6.07) is 6.49. The molecule has 1 aromatic carbocycles. The highest BCUT2D eigenvalue weighted by atomic mass is 14.6. The van der Waals surface area contributed by atoms with Crippen molar-refractivity contribution >= 4 is 5.69 Å². The first kappa shape index (κ1) is 8.34. The number of anilines is 1. The molecule has 0 amide bonds. The van der Waals surface area contributed by atoms with Crippen LogP contribution >= 0.6 is 0 Å². The van der Waals surface area contributed by atoms with E-state index in [9.17, 15) is 0 Å². The molecule has 1 aromatic rings. The molecule has 2 N–H and O–H groups in total. The Hall–Kier alpha value is -0.980. The molecule has 0 aliphatic heterocycles. The minimum Gasteiger partial charge on any atom is -0.398 e. The van der Waals surface area contributed by atoms with Crippen molar-refractivity contribution in [3.05, 3.63) is 29.3 Å². The van der Waals surface area contributed by atoms with E-state index in [1.54, 1.807) is 5.56 Å². The second-order valence-electron chi connectivity index (χ2n) is 4.86. The Kier molecular flexibility index (Phi) is 1.64. The number of fused-ring (bicyclic) bond motifs is 2. The standard InChI is InChI=1S/C13H17N/c14-12-6-1-5-11-10(12)4-2-7-13(11)8-3-9-13/h1,5-6H,2-4,7-9,14H2. The molecule has 0 aromatic heterocycles. The Morgan fingerprint density at radius 1 is 1.07 bits per heavy atom. The molecule has 0 saturated heterocycles. The third-order valence-corrected chi connectivity index (χ3v) is 4.18. The van der Waals surface area contributed by atoms with E-state index in [1.165, 1.54) is 44.1 Å². The Balaban J connectivity index is 2.15. The number of nitrogens with two attached hydrogens (primary N) is 1. The summed E-state index contributed by atoms with van der Waals surface area (Å²) in [6.07, 6.45) is 8.12. The van der Waals surface area contributed by atoms with Crippen molar-refractivity contribution in [1.29, 1.82) is 0 Å². The van der Waals surface area contributed by atoms with Gasteiger partial charge in [0.1, 0.15) is 0 Å². The molecule has 1 fully saturated rings. The summed E-state index contributed by atoms with van der Waals surface area (Å²) in [5, 5.41) is 0. The lowest BCUT2D eigenvalue weighted by Crippen LogP contribution is -2.37. The minimum absolute atomic E-state index is 0.545. The van der Waals surface area contributed by atoms with Crippen molar-refractivity contribution in [3.63, 3.8) is 0 Å². The van der Waals surface area contributed by atoms with E-state index in [2.05, 4.69) is 18.2 Å². The van der Waals surface area contributed by atoms with Crippen LogP contribution in [0.1, 0.15) is 43.2 Å². The highest BCUT2D eigenvalue weighted by molar-refractivity contribution is 5.55. The van der Waals surface area contributed by atoms with Crippen molar-refractivity contribution in [1.82, 2.24) is 0 Å². The van der Waals surface area contributed by atoms with Crippen LogP contribution in [0.25, 0.3) is 0 Å². The number of hydrogen-bond acceptors (Lipinski definition) is 1. The van der Waals surface area contributed by atoms with Gasteiger partial charge in [-0.15, -0.1) is 0 Å². The van der Waals surface area contributed by atoms with Crippen LogP contribution < -0.4 is 5.73 Å². The zero-order valence-corrected chi connectivity index (χ0v) is 8.55. The zero-order chi connectivity index (χ0) is 9.60. The normalized spacial score (nSPS) is 22.9. The lowest BCUT2D eigenvalue weighted by molar-refractivity contribution is 0.209. The molecule has 0 radical (unpaired) electrons. The zero-order valence-electron chi connectivity index (χ0n) is 8.55. The summed E-state index contributed by atoms with van der Waals surface area (Å²) < 4.78 is 0. The topological polar surface area (TPSA) is 26.0 Å². The highest BCUT2D eigenvalue weighted by Gasteiger charge is 2.41. The summed E-state index contributed by atoms with van der Waals surface area (Å²) in [7, 11) is 0. The van der Waals surface area contributed by atoms with E-state index >= 15 is 0 Å². The smallest absolute Gasteiger partial charge is 0.0349 e. The van der Waals surface area contributed by atoms with Crippen LogP contribution in [0.5, 0.6) is 0 Å². The van der Waals surface area contributed by atoms with Gasteiger partial charge in [-0.2, -0.15) is 0 Å². The number of hydrogen-bond donors (Lipinski definition) is 1. The summed E-state index contributed by atoms with van der Waals surface area (Å²) in [4.78, 5) is 0. The van der Waals surface area contributed by atoms with Crippen molar-refractivity contribution in [2.45, 2.75) is 43.9 Å². The maximum atomic E-state index is 6.04. The van der Waals surface area contributed by atoms with Gasteiger partial charge in [0.05, 0.1) is 0 Å². The van der Waals surface area contributed by atoms with Gasteiger partial charge >= 0.3 is 0 Å². The molecule has 0 unspecified atom stereocenters. The van der Waals surface area contributed by atoms with E-state index in [0.717, 1.165) is 5.69 Å². The lowest BCUT2D eigenvalue weighted by Gasteiger charge is -2.46. The molecular weight excluding hydrogens is 170 g/mol. The van der Waals surface area contributed by atoms with Gasteiger partial charge in [-0.3, -0.25) is 0 Å². The Morgan fingerprint density at radius 3 is 2.57 bits per heavy atom. The van der Waals surface area contributed by atoms with Crippen LogP contribution in [0.3, 0.4) is 0 Å². The van der Waals surface area contributed by atoms with Gasteiger partial charge < -0.3 is 5.73 Å². The number of nitrogen functional groups attached to an aromatic ring is 1. The lowest BCUT2D eigenvalue weighted by atomic mass is 9.58. The van der Waals surface area contributed by atoms with E-state index in [4.69, 9.17) is 5.73 Å². The Morgan fingerprint density at radius 2 is 1.86 bits per heavy atom. The fraction of sp³-hybridized carbons (Fsp3) is 0.538. The Labute approximate surface area is 85.3 Å². The molecule has 1 spiro atoms. The van der Waals surface area contributed by atoms with Crippen molar-refractivity contribution in [3.8, 4) is 0 Å². The summed E-state index contributed by atoms with van der Waals surface area (Å²) in [5.41, 5.74) is 10.6.